The van der Waals surface area contributed by atoms with Gasteiger partial charge in [0.05, 0.1) is 12.1 Å². The smallest absolute Gasteiger partial charge is 0.253 e. The first-order chi connectivity index (χ1) is 11.2. The van der Waals surface area contributed by atoms with Crippen LogP contribution in [0.1, 0.15) is 15.2 Å². The molecule has 4 nitrogen and oxygen atoms in total. The van der Waals surface area contributed by atoms with Crippen molar-refractivity contribution in [2.45, 2.75) is 6.54 Å². The SMILES string of the molecule is O=C(NCc1cccs1)c1ccc(Oc2ccc(Br)cc2)nc1. The lowest BCUT2D eigenvalue weighted by Gasteiger charge is -2.06. The summed E-state index contributed by atoms with van der Waals surface area (Å²) in [5.41, 5.74) is 0.504. The minimum absolute atomic E-state index is 0.152. The lowest BCUT2D eigenvalue weighted by atomic mass is 10.2. The van der Waals surface area contributed by atoms with Crippen LogP contribution in [0.2, 0.25) is 0 Å². The molecule has 0 aliphatic rings. The molecule has 0 atom stereocenters. The number of thiophene rings is 1. The van der Waals surface area contributed by atoms with Gasteiger partial charge >= 0.3 is 0 Å². The standard InChI is InChI=1S/C17H13BrN2O2S/c18-13-4-6-14(7-5-13)22-16-8-3-12(10-19-16)17(21)20-11-15-2-1-9-23-15/h1-10H,11H2,(H,20,21). The van der Waals surface area contributed by atoms with Crippen molar-refractivity contribution in [3.05, 3.63) is 75.0 Å². The molecule has 0 aliphatic heterocycles. The number of ether oxygens (including phenoxy) is 1. The van der Waals surface area contributed by atoms with Crippen LogP contribution in [0, 0.1) is 0 Å². The zero-order valence-electron chi connectivity index (χ0n) is 12.0. The normalized spacial score (nSPS) is 10.3. The topological polar surface area (TPSA) is 51.2 Å². The summed E-state index contributed by atoms with van der Waals surface area (Å²) in [7, 11) is 0. The first-order valence-electron chi connectivity index (χ1n) is 6.91. The molecule has 1 N–H and O–H groups in total. The van der Waals surface area contributed by atoms with E-state index in [1.807, 2.05) is 41.8 Å². The lowest BCUT2D eigenvalue weighted by molar-refractivity contribution is 0.0951. The van der Waals surface area contributed by atoms with Crippen molar-refractivity contribution < 1.29 is 9.53 Å². The summed E-state index contributed by atoms with van der Waals surface area (Å²) in [5, 5.41) is 4.85. The number of hydrogen-bond acceptors (Lipinski definition) is 4. The van der Waals surface area contributed by atoms with E-state index in [0.29, 0.717) is 23.7 Å². The Bertz CT molecular complexity index is 771. The molecule has 6 heteroatoms. The molecular weight excluding hydrogens is 376 g/mol. The van der Waals surface area contributed by atoms with Gasteiger partial charge in [-0.3, -0.25) is 4.79 Å². The molecule has 0 saturated carbocycles. The molecule has 3 rings (SSSR count). The van der Waals surface area contributed by atoms with E-state index in [-0.39, 0.29) is 5.91 Å². The third-order valence-electron chi connectivity index (χ3n) is 3.04. The van der Waals surface area contributed by atoms with Gasteiger partial charge in [-0.05, 0) is 41.8 Å². The van der Waals surface area contributed by atoms with Gasteiger partial charge < -0.3 is 10.1 Å². The molecule has 116 valence electrons. The fourth-order valence-electron chi connectivity index (χ4n) is 1.88. The minimum atomic E-state index is -0.152. The Hall–Kier alpha value is -2.18. The Kier molecular flexibility index (Phi) is 5.05. The number of pyridine rings is 1. The molecule has 0 bridgehead atoms. The van der Waals surface area contributed by atoms with Crippen molar-refractivity contribution in [3.8, 4) is 11.6 Å². The van der Waals surface area contributed by atoms with E-state index < -0.39 is 0 Å². The monoisotopic (exact) mass is 388 g/mol. The van der Waals surface area contributed by atoms with Crippen LogP contribution in [-0.2, 0) is 6.54 Å². The van der Waals surface area contributed by atoms with E-state index in [1.165, 1.54) is 6.20 Å². The van der Waals surface area contributed by atoms with Crippen molar-refractivity contribution in [3.63, 3.8) is 0 Å². The highest BCUT2D eigenvalue weighted by Gasteiger charge is 2.07. The van der Waals surface area contributed by atoms with Crippen LogP contribution < -0.4 is 10.1 Å². The van der Waals surface area contributed by atoms with Crippen molar-refractivity contribution in [2.24, 2.45) is 0 Å². The van der Waals surface area contributed by atoms with Gasteiger partial charge in [-0.2, -0.15) is 0 Å². The quantitative estimate of drug-likeness (QED) is 0.693. The fraction of sp³-hybridized carbons (Fsp3) is 0.0588. The largest absolute Gasteiger partial charge is 0.439 e. The average Bonchev–Trinajstić information content (AvgIpc) is 3.09. The number of benzene rings is 1. The molecule has 0 spiro atoms. The molecule has 0 unspecified atom stereocenters. The molecular formula is C17H13BrN2O2S. The van der Waals surface area contributed by atoms with Crippen LogP contribution in [0.15, 0.2) is 64.6 Å². The summed E-state index contributed by atoms with van der Waals surface area (Å²) < 4.78 is 6.61. The van der Waals surface area contributed by atoms with Gasteiger partial charge in [-0.1, -0.05) is 22.0 Å². The lowest BCUT2D eigenvalue weighted by Crippen LogP contribution is -2.22. The molecule has 2 aromatic heterocycles. The van der Waals surface area contributed by atoms with Crippen molar-refractivity contribution in [1.82, 2.24) is 10.3 Å². The van der Waals surface area contributed by atoms with Gasteiger partial charge in [0, 0.05) is 21.6 Å². The maximum atomic E-state index is 12.1. The summed E-state index contributed by atoms with van der Waals surface area (Å²) in [5.74, 6) is 0.985. The number of halogens is 1. The summed E-state index contributed by atoms with van der Waals surface area (Å²) in [6, 6.07) is 14.8. The number of amides is 1. The van der Waals surface area contributed by atoms with E-state index in [4.69, 9.17) is 4.74 Å². The highest BCUT2D eigenvalue weighted by Crippen LogP contribution is 2.21. The van der Waals surface area contributed by atoms with Crippen LogP contribution in [0.5, 0.6) is 11.6 Å². The second kappa shape index (κ2) is 7.39. The highest BCUT2D eigenvalue weighted by molar-refractivity contribution is 9.10. The van der Waals surface area contributed by atoms with E-state index in [9.17, 15) is 4.79 Å². The Morgan fingerprint density at radius 1 is 1.17 bits per heavy atom. The van der Waals surface area contributed by atoms with Crippen molar-refractivity contribution >= 4 is 33.2 Å². The average molecular weight is 389 g/mol. The van der Waals surface area contributed by atoms with Gasteiger partial charge in [0.1, 0.15) is 5.75 Å². The molecule has 2 heterocycles. The summed E-state index contributed by atoms with van der Waals surface area (Å²) in [6.07, 6.45) is 1.51. The van der Waals surface area contributed by atoms with Gasteiger partial charge in [0.25, 0.3) is 5.91 Å². The number of rotatable bonds is 5. The predicted molar refractivity (Wildman–Crippen MR) is 93.9 cm³/mol. The molecule has 0 aliphatic carbocycles. The minimum Gasteiger partial charge on any atom is -0.439 e. The van der Waals surface area contributed by atoms with E-state index in [2.05, 4.69) is 26.2 Å². The summed E-state index contributed by atoms with van der Waals surface area (Å²) >= 11 is 4.98. The van der Waals surface area contributed by atoms with E-state index in [0.717, 1.165) is 9.35 Å². The highest BCUT2D eigenvalue weighted by atomic mass is 79.9. The van der Waals surface area contributed by atoms with Crippen LogP contribution in [-0.4, -0.2) is 10.9 Å². The third-order valence-corrected chi connectivity index (χ3v) is 4.44. The Balaban J connectivity index is 1.59. The first-order valence-corrected chi connectivity index (χ1v) is 8.58. The van der Waals surface area contributed by atoms with Gasteiger partial charge in [0.2, 0.25) is 5.88 Å². The number of nitrogens with one attached hydrogen (secondary N) is 1. The number of carbonyl (C=O) groups excluding carboxylic acids is 1. The summed E-state index contributed by atoms with van der Waals surface area (Å²) in [4.78, 5) is 17.3. The van der Waals surface area contributed by atoms with Crippen LogP contribution >= 0.6 is 27.3 Å². The van der Waals surface area contributed by atoms with Crippen molar-refractivity contribution in [1.29, 1.82) is 0 Å². The van der Waals surface area contributed by atoms with Gasteiger partial charge in [0.15, 0.2) is 0 Å². The Labute approximate surface area is 146 Å². The number of hydrogen-bond donors (Lipinski definition) is 1. The Morgan fingerprint density at radius 3 is 2.65 bits per heavy atom. The van der Waals surface area contributed by atoms with Crippen LogP contribution in [0.25, 0.3) is 0 Å². The summed E-state index contributed by atoms with van der Waals surface area (Å²) in [6.45, 7) is 0.521. The number of aromatic nitrogens is 1. The first kappa shape index (κ1) is 15.7. The second-order valence-corrected chi connectivity index (χ2v) is 6.65. The van der Waals surface area contributed by atoms with E-state index >= 15 is 0 Å². The van der Waals surface area contributed by atoms with E-state index in [1.54, 1.807) is 23.5 Å². The molecule has 23 heavy (non-hydrogen) atoms. The molecule has 3 aromatic rings. The number of carbonyl (C=O) groups is 1. The fourth-order valence-corrected chi connectivity index (χ4v) is 2.79. The van der Waals surface area contributed by atoms with Gasteiger partial charge in [-0.15, -0.1) is 11.3 Å². The van der Waals surface area contributed by atoms with Gasteiger partial charge in [-0.25, -0.2) is 4.98 Å². The van der Waals surface area contributed by atoms with Crippen LogP contribution in [0.4, 0.5) is 0 Å². The molecule has 1 amide bonds. The maximum absolute atomic E-state index is 12.1. The molecule has 1 aromatic carbocycles. The maximum Gasteiger partial charge on any atom is 0.253 e. The zero-order chi connectivity index (χ0) is 16.1. The molecule has 0 radical (unpaired) electrons. The number of nitrogens with zero attached hydrogens (tertiary/aromatic N) is 1. The predicted octanol–water partition coefficient (Wildman–Crippen LogP) is 4.63. The third kappa shape index (κ3) is 4.40. The Morgan fingerprint density at radius 2 is 2.00 bits per heavy atom. The molecule has 0 saturated heterocycles. The van der Waals surface area contributed by atoms with Crippen molar-refractivity contribution in [2.75, 3.05) is 0 Å². The second-order valence-electron chi connectivity index (χ2n) is 4.70. The van der Waals surface area contributed by atoms with Crippen LogP contribution in [0.3, 0.4) is 0 Å². The molecule has 0 fully saturated rings. The zero-order valence-corrected chi connectivity index (χ0v) is 14.4.